The Labute approximate surface area is 127 Å². The molecule has 98 valence electrons. The van der Waals surface area contributed by atoms with Crippen LogP contribution in [0.25, 0.3) is 21.3 Å². The zero-order chi connectivity index (χ0) is 13.5. The number of hydrogen-bond donors (Lipinski definition) is 1. The van der Waals surface area contributed by atoms with E-state index in [4.69, 9.17) is 11.6 Å². The van der Waals surface area contributed by atoms with Gasteiger partial charge in [0, 0.05) is 0 Å². The van der Waals surface area contributed by atoms with Gasteiger partial charge in [0.1, 0.15) is 11.0 Å². The Kier molecular flexibility index (Phi) is 2.80. The van der Waals surface area contributed by atoms with Gasteiger partial charge in [-0.3, -0.25) is 0 Å². The zero-order valence-corrected chi connectivity index (χ0v) is 12.4. The number of rotatable bonds is 2. The predicted molar refractivity (Wildman–Crippen MR) is 85.3 cm³/mol. The van der Waals surface area contributed by atoms with Crippen LogP contribution in [0, 0.1) is 0 Å². The Balaban J connectivity index is 1.83. The molecule has 20 heavy (non-hydrogen) atoms. The van der Waals surface area contributed by atoms with Crippen molar-refractivity contribution in [3.8, 4) is 0 Å². The number of nitrogens with zero attached hydrogens (tertiary/aromatic N) is 3. The van der Waals surface area contributed by atoms with Crippen molar-refractivity contribution < 1.29 is 0 Å². The topological polar surface area (TPSA) is 50.7 Å². The van der Waals surface area contributed by atoms with Crippen LogP contribution in [-0.2, 0) is 0 Å². The molecule has 0 atom stereocenters. The number of fused-ring (bicyclic) bond motifs is 2. The minimum Gasteiger partial charge on any atom is -0.328 e. The normalized spacial score (nSPS) is 11.2. The maximum Gasteiger partial charge on any atom is 0.188 e. The molecule has 7 heteroatoms. The fourth-order valence-corrected chi connectivity index (χ4v) is 3.59. The van der Waals surface area contributed by atoms with Crippen molar-refractivity contribution in [1.29, 1.82) is 0 Å². The van der Waals surface area contributed by atoms with Crippen LogP contribution in [-0.4, -0.2) is 13.7 Å². The van der Waals surface area contributed by atoms with E-state index in [2.05, 4.69) is 19.0 Å². The van der Waals surface area contributed by atoms with Crippen LogP contribution >= 0.6 is 34.7 Å². The van der Waals surface area contributed by atoms with Gasteiger partial charge in [-0.25, -0.2) is 4.98 Å². The average molecular weight is 319 g/mol. The first-order valence-electron chi connectivity index (χ1n) is 5.84. The summed E-state index contributed by atoms with van der Waals surface area (Å²) in [7, 11) is 0. The van der Waals surface area contributed by atoms with Gasteiger partial charge < -0.3 is 5.32 Å². The van der Waals surface area contributed by atoms with Crippen LogP contribution in [0.1, 0.15) is 0 Å². The van der Waals surface area contributed by atoms with Crippen LogP contribution in [0.4, 0.5) is 10.8 Å². The highest BCUT2D eigenvalue weighted by Gasteiger charge is 2.12. The van der Waals surface area contributed by atoms with Crippen molar-refractivity contribution in [1.82, 2.24) is 13.7 Å². The number of anilines is 2. The monoisotopic (exact) mass is 318 g/mol. The second-order valence-electron chi connectivity index (χ2n) is 4.17. The molecule has 1 N–H and O–H groups in total. The fourth-order valence-electron chi connectivity index (χ4n) is 1.98. The second kappa shape index (κ2) is 4.66. The number of benzene rings is 2. The summed E-state index contributed by atoms with van der Waals surface area (Å²) in [4.78, 5) is 4.54. The van der Waals surface area contributed by atoms with E-state index >= 15 is 0 Å². The maximum absolute atomic E-state index is 6.26. The molecule has 0 aliphatic heterocycles. The molecular weight excluding hydrogens is 312 g/mol. The summed E-state index contributed by atoms with van der Waals surface area (Å²) in [6, 6.07) is 11.7. The summed E-state index contributed by atoms with van der Waals surface area (Å²) in [6.45, 7) is 0. The van der Waals surface area contributed by atoms with Crippen LogP contribution in [0.15, 0.2) is 36.4 Å². The summed E-state index contributed by atoms with van der Waals surface area (Å²) in [5.41, 5.74) is 3.35. The summed E-state index contributed by atoms with van der Waals surface area (Å²) in [5.74, 6) is 0. The molecule has 0 unspecified atom stereocenters. The third kappa shape index (κ3) is 1.93. The molecule has 0 bridgehead atoms. The van der Waals surface area contributed by atoms with Crippen LogP contribution in [0.3, 0.4) is 0 Å². The molecule has 2 heterocycles. The summed E-state index contributed by atoms with van der Waals surface area (Å²) >= 11 is 9.02. The van der Waals surface area contributed by atoms with Crippen LogP contribution < -0.4 is 5.32 Å². The van der Waals surface area contributed by atoms with Crippen molar-refractivity contribution in [3.63, 3.8) is 0 Å². The molecule has 4 aromatic rings. The highest BCUT2D eigenvalue weighted by Crippen LogP contribution is 2.35. The van der Waals surface area contributed by atoms with E-state index in [0.29, 0.717) is 5.02 Å². The van der Waals surface area contributed by atoms with Crippen LogP contribution in [0.5, 0.6) is 0 Å². The fraction of sp³-hybridized carbons (Fsp3) is 0. The smallest absolute Gasteiger partial charge is 0.188 e. The standard InChI is InChI=1S/C13H7ClN4S2/c14-7-5-6-9-12(18-20-17-9)11(7)16-13-15-8-3-1-2-4-10(8)19-13/h1-6H,(H,15,16). The van der Waals surface area contributed by atoms with Crippen molar-refractivity contribution in [2.24, 2.45) is 0 Å². The number of para-hydroxylation sites is 1. The second-order valence-corrected chi connectivity index (χ2v) is 6.13. The van der Waals surface area contributed by atoms with Gasteiger partial charge in [0.2, 0.25) is 0 Å². The zero-order valence-electron chi connectivity index (χ0n) is 10.0. The van der Waals surface area contributed by atoms with Gasteiger partial charge in [-0.05, 0) is 24.3 Å². The van der Waals surface area contributed by atoms with E-state index in [1.54, 1.807) is 11.3 Å². The molecule has 0 saturated carbocycles. The average Bonchev–Trinajstić information content (AvgIpc) is 3.07. The first kappa shape index (κ1) is 12.0. The quantitative estimate of drug-likeness (QED) is 0.582. The molecule has 0 spiro atoms. The van der Waals surface area contributed by atoms with Crippen molar-refractivity contribution in [3.05, 3.63) is 41.4 Å². The van der Waals surface area contributed by atoms with E-state index in [1.165, 1.54) is 11.7 Å². The number of nitrogens with one attached hydrogen (secondary N) is 1. The molecule has 2 aromatic heterocycles. The summed E-state index contributed by atoms with van der Waals surface area (Å²) < 4.78 is 9.64. The Bertz CT molecular complexity index is 882. The lowest BCUT2D eigenvalue weighted by Gasteiger charge is -2.05. The Morgan fingerprint density at radius 1 is 1.00 bits per heavy atom. The largest absolute Gasteiger partial charge is 0.328 e. The SMILES string of the molecule is Clc1ccc2nsnc2c1Nc1nc2ccccc2s1. The van der Waals surface area contributed by atoms with Gasteiger partial charge in [-0.1, -0.05) is 35.1 Å². The van der Waals surface area contributed by atoms with Crippen molar-refractivity contribution in [2.45, 2.75) is 0 Å². The number of halogens is 1. The molecule has 2 aromatic carbocycles. The lowest BCUT2D eigenvalue weighted by Crippen LogP contribution is -1.91. The van der Waals surface area contributed by atoms with E-state index in [9.17, 15) is 0 Å². The van der Waals surface area contributed by atoms with E-state index in [-0.39, 0.29) is 0 Å². The van der Waals surface area contributed by atoms with Gasteiger partial charge in [0.05, 0.1) is 32.7 Å². The first-order valence-corrected chi connectivity index (χ1v) is 7.77. The molecule has 0 amide bonds. The van der Waals surface area contributed by atoms with Crippen molar-refractivity contribution >= 4 is 66.7 Å². The molecule has 0 saturated heterocycles. The number of thiazole rings is 1. The Morgan fingerprint density at radius 2 is 1.90 bits per heavy atom. The van der Waals surface area contributed by atoms with E-state index in [1.807, 2.05) is 36.4 Å². The lowest BCUT2D eigenvalue weighted by molar-refractivity contribution is 1.45. The van der Waals surface area contributed by atoms with Gasteiger partial charge in [-0.2, -0.15) is 8.75 Å². The molecule has 0 aliphatic rings. The molecule has 0 radical (unpaired) electrons. The minimum absolute atomic E-state index is 0.615. The van der Waals surface area contributed by atoms with Crippen LogP contribution in [0.2, 0.25) is 5.02 Å². The number of hydrogen-bond acceptors (Lipinski definition) is 6. The molecule has 4 nitrogen and oxygen atoms in total. The van der Waals surface area contributed by atoms with Crippen molar-refractivity contribution in [2.75, 3.05) is 5.32 Å². The highest BCUT2D eigenvalue weighted by molar-refractivity contribution is 7.22. The van der Waals surface area contributed by atoms with E-state index in [0.717, 1.165) is 32.1 Å². The summed E-state index contributed by atoms with van der Waals surface area (Å²) in [6.07, 6.45) is 0. The minimum atomic E-state index is 0.615. The maximum atomic E-state index is 6.26. The lowest BCUT2D eigenvalue weighted by atomic mass is 10.2. The highest BCUT2D eigenvalue weighted by atomic mass is 35.5. The third-order valence-electron chi connectivity index (χ3n) is 2.90. The van der Waals surface area contributed by atoms with Gasteiger partial charge in [-0.15, -0.1) is 0 Å². The Morgan fingerprint density at radius 3 is 2.80 bits per heavy atom. The molecular formula is C13H7ClN4S2. The molecule has 0 fully saturated rings. The predicted octanol–water partition coefficient (Wildman–Crippen LogP) is 4.70. The first-order chi connectivity index (χ1) is 9.81. The van der Waals surface area contributed by atoms with Gasteiger partial charge in [0.15, 0.2) is 5.13 Å². The third-order valence-corrected chi connectivity index (χ3v) is 4.71. The number of aromatic nitrogens is 3. The molecule has 0 aliphatic carbocycles. The Hall–Kier alpha value is -1.76. The van der Waals surface area contributed by atoms with E-state index < -0.39 is 0 Å². The molecule has 4 rings (SSSR count). The summed E-state index contributed by atoms with van der Waals surface area (Å²) in [5, 5.41) is 4.69. The van der Waals surface area contributed by atoms with Gasteiger partial charge in [0.25, 0.3) is 0 Å². The van der Waals surface area contributed by atoms with Gasteiger partial charge >= 0.3 is 0 Å².